The second-order valence-corrected chi connectivity index (χ2v) is 4.05. The van der Waals surface area contributed by atoms with E-state index >= 15 is 0 Å². The number of rotatable bonds is 3. The van der Waals surface area contributed by atoms with Crippen LogP contribution >= 0.6 is 0 Å². The quantitative estimate of drug-likeness (QED) is 0.642. The number of likely N-dealkylation sites (tertiary alicyclic amines) is 1. The molecule has 1 aliphatic heterocycles. The first-order chi connectivity index (χ1) is 8.06. The fraction of sp³-hybridized carbons (Fsp3) is 0.556. The van der Waals surface area contributed by atoms with Crippen molar-refractivity contribution in [2.45, 2.75) is 12.8 Å². The minimum Gasteiger partial charge on any atom is -0.481 e. The number of amides is 1. The summed E-state index contributed by atoms with van der Waals surface area (Å²) >= 11 is 0. The molecule has 1 aliphatic rings. The maximum Gasteiger partial charge on any atom is 0.303 e. The van der Waals surface area contributed by atoms with E-state index in [0.29, 0.717) is 19.5 Å². The van der Waals surface area contributed by atoms with Gasteiger partial charge >= 0.3 is 5.97 Å². The van der Waals surface area contributed by atoms with Gasteiger partial charge in [0.15, 0.2) is 0 Å². The van der Waals surface area contributed by atoms with E-state index in [1.54, 1.807) is 4.90 Å². The van der Waals surface area contributed by atoms with Crippen LogP contribution in [0.3, 0.4) is 0 Å². The molecule has 0 bridgehead atoms. The minimum absolute atomic E-state index is 0.0109. The summed E-state index contributed by atoms with van der Waals surface area (Å²) in [5.74, 6) is -1.000. The van der Waals surface area contributed by atoms with Gasteiger partial charge in [-0.05, 0) is 12.3 Å². The molecule has 1 unspecified atom stereocenters. The summed E-state index contributed by atoms with van der Waals surface area (Å²) in [6.07, 6.45) is 0.782. The lowest BCUT2D eigenvalue weighted by Crippen LogP contribution is -2.29. The number of carboxylic acids is 1. The number of nitrogens with one attached hydrogen (secondary N) is 1. The van der Waals surface area contributed by atoms with Crippen LogP contribution < -0.4 is 5.73 Å². The number of aromatic nitrogens is 3. The van der Waals surface area contributed by atoms with Crippen molar-refractivity contribution in [2.75, 3.05) is 18.8 Å². The Labute approximate surface area is 96.8 Å². The molecule has 0 aliphatic carbocycles. The summed E-state index contributed by atoms with van der Waals surface area (Å²) < 4.78 is 0. The molecule has 0 saturated carbocycles. The van der Waals surface area contributed by atoms with Crippen LogP contribution in [0.1, 0.15) is 23.5 Å². The summed E-state index contributed by atoms with van der Waals surface area (Å²) in [4.78, 5) is 27.7. The first-order valence-corrected chi connectivity index (χ1v) is 5.25. The lowest BCUT2D eigenvalue weighted by atomic mass is 10.1. The van der Waals surface area contributed by atoms with Crippen molar-refractivity contribution < 1.29 is 14.7 Å². The summed E-state index contributed by atoms with van der Waals surface area (Å²) in [6, 6.07) is 0. The number of carboxylic acid groups (broad SMARTS) is 1. The van der Waals surface area contributed by atoms with Crippen molar-refractivity contribution in [1.29, 1.82) is 0 Å². The van der Waals surface area contributed by atoms with E-state index in [-0.39, 0.29) is 30.0 Å². The number of hydrogen-bond acceptors (Lipinski definition) is 5. The van der Waals surface area contributed by atoms with E-state index in [4.69, 9.17) is 10.8 Å². The SMILES string of the molecule is Nc1n[nH]c(C(=O)N2CCC(CC(=O)O)C2)n1. The number of carbonyl (C=O) groups excluding carboxylic acids is 1. The third-order valence-corrected chi connectivity index (χ3v) is 2.74. The Morgan fingerprint density at radius 3 is 2.94 bits per heavy atom. The number of aliphatic carboxylic acids is 1. The molecule has 0 spiro atoms. The van der Waals surface area contributed by atoms with Crippen LogP contribution in [0.2, 0.25) is 0 Å². The lowest BCUT2D eigenvalue weighted by molar-refractivity contribution is -0.138. The molecule has 0 radical (unpaired) electrons. The van der Waals surface area contributed by atoms with E-state index in [1.807, 2.05) is 0 Å². The molecule has 92 valence electrons. The standard InChI is InChI=1S/C9H13N5O3/c10-9-11-7(12-13-9)8(17)14-2-1-5(4-14)3-6(15)16/h5H,1-4H2,(H,15,16)(H3,10,11,12,13). The minimum atomic E-state index is -0.840. The Kier molecular flexibility index (Phi) is 2.94. The van der Waals surface area contributed by atoms with Crippen molar-refractivity contribution in [3.05, 3.63) is 5.82 Å². The predicted octanol–water partition coefficient (Wildman–Crippen LogP) is -0.676. The molecule has 1 fully saturated rings. The molecule has 1 aromatic rings. The molecule has 4 N–H and O–H groups in total. The molecular formula is C9H13N5O3. The van der Waals surface area contributed by atoms with Crippen LogP contribution in [0.25, 0.3) is 0 Å². The van der Waals surface area contributed by atoms with E-state index in [1.165, 1.54) is 0 Å². The number of hydrogen-bond donors (Lipinski definition) is 3. The molecule has 8 nitrogen and oxygen atoms in total. The smallest absolute Gasteiger partial charge is 0.303 e. The maximum absolute atomic E-state index is 11.9. The van der Waals surface area contributed by atoms with Gasteiger partial charge < -0.3 is 15.7 Å². The number of H-pyrrole nitrogens is 1. The summed E-state index contributed by atoms with van der Waals surface area (Å²) in [5, 5.41) is 14.7. The second-order valence-electron chi connectivity index (χ2n) is 4.05. The Balaban J connectivity index is 1.96. The monoisotopic (exact) mass is 239 g/mol. The van der Waals surface area contributed by atoms with Gasteiger partial charge in [0, 0.05) is 19.5 Å². The number of anilines is 1. The zero-order valence-corrected chi connectivity index (χ0v) is 9.09. The molecular weight excluding hydrogens is 226 g/mol. The molecule has 1 amide bonds. The highest BCUT2D eigenvalue weighted by molar-refractivity contribution is 5.90. The van der Waals surface area contributed by atoms with Gasteiger partial charge in [-0.2, -0.15) is 4.98 Å². The van der Waals surface area contributed by atoms with Gasteiger partial charge in [0.05, 0.1) is 0 Å². The van der Waals surface area contributed by atoms with Crippen LogP contribution in [-0.2, 0) is 4.79 Å². The van der Waals surface area contributed by atoms with Crippen LogP contribution in [-0.4, -0.2) is 50.2 Å². The Morgan fingerprint density at radius 1 is 1.59 bits per heavy atom. The molecule has 2 heterocycles. The van der Waals surface area contributed by atoms with Gasteiger partial charge in [-0.1, -0.05) is 0 Å². The van der Waals surface area contributed by atoms with Gasteiger partial charge in [0.2, 0.25) is 11.8 Å². The van der Waals surface area contributed by atoms with Crippen molar-refractivity contribution in [3.8, 4) is 0 Å². The average Bonchev–Trinajstić information content (AvgIpc) is 2.85. The molecule has 0 aromatic carbocycles. The van der Waals surface area contributed by atoms with E-state index in [0.717, 1.165) is 0 Å². The van der Waals surface area contributed by atoms with Gasteiger partial charge in [0.25, 0.3) is 5.91 Å². The van der Waals surface area contributed by atoms with E-state index < -0.39 is 5.97 Å². The molecule has 17 heavy (non-hydrogen) atoms. The Hall–Kier alpha value is -2.12. The van der Waals surface area contributed by atoms with Crippen LogP contribution in [0.15, 0.2) is 0 Å². The van der Waals surface area contributed by atoms with Crippen molar-refractivity contribution in [2.24, 2.45) is 5.92 Å². The second kappa shape index (κ2) is 4.40. The molecule has 1 atom stereocenters. The van der Waals surface area contributed by atoms with E-state index in [2.05, 4.69) is 15.2 Å². The topological polar surface area (TPSA) is 125 Å². The van der Waals surface area contributed by atoms with Crippen LogP contribution in [0.4, 0.5) is 5.95 Å². The Morgan fingerprint density at radius 2 is 2.35 bits per heavy atom. The van der Waals surface area contributed by atoms with E-state index in [9.17, 15) is 9.59 Å². The fourth-order valence-electron chi connectivity index (χ4n) is 1.95. The predicted molar refractivity (Wildman–Crippen MR) is 57.1 cm³/mol. The van der Waals surface area contributed by atoms with Gasteiger partial charge in [-0.15, -0.1) is 5.10 Å². The number of carbonyl (C=O) groups is 2. The molecule has 1 aromatic heterocycles. The summed E-state index contributed by atoms with van der Waals surface area (Å²) in [7, 11) is 0. The summed E-state index contributed by atoms with van der Waals surface area (Å²) in [5.41, 5.74) is 5.31. The highest BCUT2D eigenvalue weighted by atomic mass is 16.4. The van der Waals surface area contributed by atoms with Crippen LogP contribution in [0, 0.1) is 5.92 Å². The molecule has 8 heteroatoms. The third kappa shape index (κ3) is 2.52. The zero-order valence-electron chi connectivity index (χ0n) is 9.09. The first-order valence-electron chi connectivity index (χ1n) is 5.25. The van der Waals surface area contributed by atoms with Gasteiger partial charge in [0.1, 0.15) is 0 Å². The number of nitrogens with two attached hydrogens (primary N) is 1. The number of nitrogens with zero attached hydrogens (tertiary/aromatic N) is 3. The zero-order chi connectivity index (χ0) is 12.4. The lowest BCUT2D eigenvalue weighted by Gasteiger charge is -2.13. The molecule has 2 rings (SSSR count). The average molecular weight is 239 g/mol. The van der Waals surface area contributed by atoms with Gasteiger partial charge in [-0.3, -0.25) is 14.7 Å². The first kappa shape index (κ1) is 11.4. The summed E-state index contributed by atoms with van der Waals surface area (Å²) in [6.45, 7) is 0.975. The highest BCUT2D eigenvalue weighted by Crippen LogP contribution is 2.20. The number of aromatic amines is 1. The molecule has 1 saturated heterocycles. The Bertz CT molecular complexity index is 444. The maximum atomic E-state index is 11.9. The van der Waals surface area contributed by atoms with Gasteiger partial charge in [-0.25, -0.2) is 0 Å². The van der Waals surface area contributed by atoms with Crippen molar-refractivity contribution in [3.63, 3.8) is 0 Å². The largest absolute Gasteiger partial charge is 0.481 e. The van der Waals surface area contributed by atoms with Crippen LogP contribution in [0.5, 0.6) is 0 Å². The normalized spacial score (nSPS) is 19.5. The fourth-order valence-corrected chi connectivity index (χ4v) is 1.95. The van der Waals surface area contributed by atoms with Crippen molar-refractivity contribution in [1.82, 2.24) is 20.1 Å². The highest BCUT2D eigenvalue weighted by Gasteiger charge is 2.29. The third-order valence-electron chi connectivity index (χ3n) is 2.74. The number of nitrogen functional groups attached to an aromatic ring is 1. The van der Waals surface area contributed by atoms with Crippen molar-refractivity contribution >= 4 is 17.8 Å².